The zero-order valence-corrected chi connectivity index (χ0v) is 12.4. The number of nitro groups is 1. The van der Waals surface area contributed by atoms with Crippen molar-refractivity contribution in [3.63, 3.8) is 0 Å². The van der Waals surface area contributed by atoms with Gasteiger partial charge in [-0.3, -0.25) is 10.1 Å². The average Bonchev–Trinajstić information content (AvgIpc) is 3.20. The highest BCUT2D eigenvalue weighted by molar-refractivity contribution is 5.75. The first-order valence-corrected chi connectivity index (χ1v) is 7.02. The lowest BCUT2D eigenvalue weighted by atomic mass is 10.1. The zero-order chi connectivity index (χ0) is 16.7. The molecule has 118 valence electrons. The molecular weight excluding hydrogens is 312 g/mol. The molecule has 0 amide bonds. The van der Waals surface area contributed by atoms with Gasteiger partial charge in [-0.05, 0) is 6.07 Å². The van der Waals surface area contributed by atoms with Crippen molar-refractivity contribution in [3.8, 4) is 22.6 Å². The number of fused-ring (bicyclic) bond motifs is 1. The van der Waals surface area contributed by atoms with Crippen LogP contribution in [0.25, 0.3) is 28.3 Å². The number of rotatable bonds is 3. The fraction of sp³-hybridized carbons (Fsp3) is 0.0667. The molecule has 1 aromatic carbocycles. The summed E-state index contributed by atoms with van der Waals surface area (Å²) in [5.41, 5.74) is 2.52. The lowest BCUT2D eigenvalue weighted by Gasteiger charge is -2.04. The molecule has 4 aromatic rings. The highest BCUT2D eigenvalue weighted by atomic mass is 16.6. The summed E-state index contributed by atoms with van der Waals surface area (Å²) in [7, 11) is 0. The first-order chi connectivity index (χ1) is 11.6. The Morgan fingerprint density at radius 2 is 2.17 bits per heavy atom. The monoisotopic (exact) mass is 322 g/mol. The molecule has 9 nitrogen and oxygen atoms in total. The van der Waals surface area contributed by atoms with E-state index in [9.17, 15) is 10.1 Å². The number of nitrogens with zero attached hydrogens (tertiary/aromatic N) is 6. The Morgan fingerprint density at radius 3 is 2.92 bits per heavy atom. The number of aromatic nitrogens is 5. The maximum Gasteiger partial charge on any atom is 0.270 e. The molecule has 0 spiro atoms. The molecule has 3 aromatic heterocycles. The van der Waals surface area contributed by atoms with Crippen LogP contribution in [-0.2, 0) is 0 Å². The second-order valence-electron chi connectivity index (χ2n) is 5.07. The van der Waals surface area contributed by atoms with E-state index in [1.807, 2.05) is 0 Å². The molecule has 0 aliphatic heterocycles. The van der Waals surface area contributed by atoms with Crippen molar-refractivity contribution >= 4 is 11.3 Å². The van der Waals surface area contributed by atoms with Gasteiger partial charge in [0.15, 0.2) is 5.65 Å². The summed E-state index contributed by atoms with van der Waals surface area (Å²) in [4.78, 5) is 19.0. The number of hydrogen-bond donors (Lipinski definition) is 0. The van der Waals surface area contributed by atoms with E-state index in [0.717, 1.165) is 0 Å². The predicted molar refractivity (Wildman–Crippen MR) is 83.1 cm³/mol. The van der Waals surface area contributed by atoms with Crippen molar-refractivity contribution in [2.75, 3.05) is 0 Å². The van der Waals surface area contributed by atoms with Gasteiger partial charge in [0.25, 0.3) is 5.69 Å². The Balaban J connectivity index is 1.90. The molecule has 0 aliphatic carbocycles. The van der Waals surface area contributed by atoms with Crippen molar-refractivity contribution in [3.05, 3.63) is 58.7 Å². The third-order valence-electron chi connectivity index (χ3n) is 3.52. The van der Waals surface area contributed by atoms with Gasteiger partial charge in [-0.1, -0.05) is 17.3 Å². The number of non-ortho nitro benzene ring substituents is 1. The summed E-state index contributed by atoms with van der Waals surface area (Å²) in [5, 5.41) is 19.2. The standard InChI is InChI=1S/C15H10N6O3/c1-9-18-14(19-24-9)12-8-17-20-13(5-6-16-15(12)20)10-3-2-4-11(7-10)21(22)23/h2-8H,1H3. The smallest absolute Gasteiger partial charge is 0.270 e. The van der Waals surface area contributed by atoms with E-state index in [4.69, 9.17) is 4.52 Å². The third-order valence-corrected chi connectivity index (χ3v) is 3.52. The summed E-state index contributed by atoms with van der Waals surface area (Å²) in [6.07, 6.45) is 3.20. The minimum absolute atomic E-state index is 0.0126. The molecule has 0 bridgehead atoms. The van der Waals surface area contributed by atoms with Gasteiger partial charge < -0.3 is 4.52 Å². The number of aryl methyl sites for hydroxylation is 1. The Labute approximate surface area is 134 Å². The molecule has 0 saturated heterocycles. The van der Waals surface area contributed by atoms with Crippen LogP contribution in [0.1, 0.15) is 5.89 Å². The molecule has 0 N–H and O–H groups in total. The summed E-state index contributed by atoms with van der Waals surface area (Å²) in [5.74, 6) is 0.838. The summed E-state index contributed by atoms with van der Waals surface area (Å²) in [6, 6.07) is 8.09. The van der Waals surface area contributed by atoms with Crippen LogP contribution in [0.5, 0.6) is 0 Å². The largest absolute Gasteiger partial charge is 0.339 e. The van der Waals surface area contributed by atoms with Gasteiger partial charge in [0.05, 0.1) is 22.4 Å². The highest BCUT2D eigenvalue weighted by Gasteiger charge is 2.16. The van der Waals surface area contributed by atoms with Gasteiger partial charge in [0.2, 0.25) is 11.7 Å². The topological polar surface area (TPSA) is 112 Å². The minimum atomic E-state index is -0.432. The molecule has 0 atom stereocenters. The molecule has 24 heavy (non-hydrogen) atoms. The first kappa shape index (κ1) is 14.0. The van der Waals surface area contributed by atoms with Crippen LogP contribution in [0, 0.1) is 17.0 Å². The second-order valence-corrected chi connectivity index (χ2v) is 5.07. The maximum atomic E-state index is 11.0. The number of benzene rings is 1. The Hall–Kier alpha value is -3.62. The van der Waals surface area contributed by atoms with E-state index in [1.54, 1.807) is 42.0 Å². The fourth-order valence-corrected chi connectivity index (χ4v) is 2.46. The van der Waals surface area contributed by atoms with Crippen molar-refractivity contribution in [2.45, 2.75) is 6.92 Å². The van der Waals surface area contributed by atoms with Crippen LogP contribution in [0.2, 0.25) is 0 Å². The van der Waals surface area contributed by atoms with Gasteiger partial charge in [0.1, 0.15) is 0 Å². The fourth-order valence-electron chi connectivity index (χ4n) is 2.46. The first-order valence-electron chi connectivity index (χ1n) is 7.02. The van der Waals surface area contributed by atoms with Gasteiger partial charge in [0, 0.05) is 30.8 Å². The van der Waals surface area contributed by atoms with Crippen LogP contribution in [0.4, 0.5) is 5.69 Å². The van der Waals surface area contributed by atoms with Gasteiger partial charge in [-0.25, -0.2) is 9.50 Å². The molecule has 0 fully saturated rings. The van der Waals surface area contributed by atoms with Crippen LogP contribution >= 0.6 is 0 Å². The number of hydrogen-bond acceptors (Lipinski definition) is 7. The van der Waals surface area contributed by atoms with E-state index >= 15 is 0 Å². The average molecular weight is 322 g/mol. The molecule has 0 unspecified atom stereocenters. The van der Waals surface area contributed by atoms with E-state index in [0.29, 0.717) is 34.2 Å². The van der Waals surface area contributed by atoms with Gasteiger partial charge >= 0.3 is 0 Å². The maximum absolute atomic E-state index is 11.0. The van der Waals surface area contributed by atoms with E-state index in [2.05, 4.69) is 20.2 Å². The lowest BCUT2D eigenvalue weighted by molar-refractivity contribution is -0.384. The summed E-state index contributed by atoms with van der Waals surface area (Å²) in [6.45, 7) is 1.70. The SMILES string of the molecule is Cc1nc(-c2cnn3c(-c4cccc([N+](=O)[O-])c4)ccnc23)no1. The summed E-state index contributed by atoms with van der Waals surface area (Å²) < 4.78 is 6.59. The van der Waals surface area contributed by atoms with Crippen molar-refractivity contribution in [1.82, 2.24) is 24.7 Å². The van der Waals surface area contributed by atoms with Gasteiger partial charge in [-0.2, -0.15) is 10.1 Å². The van der Waals surface area contributed by atoms with Gasteiger partial charge in [-0.15, -0.1) is 0 Å². The highest BCUT2D eigenvalue weighted by Crippen LogP contribution is 2.27. The molecule has 3 heterocycles. The Morgan fingerprint density at radius 1 is 1.29 bits per heavy atom. The quantitative estimate of drug-likeness (QED) is 0.421. The normalized spacial score (nSPS) is 11.0. The number of nitro benzene ring substituents is 1. The van der Waals surface area contributed by atoms with Crippen LogP contribution in [-0.4, -0.2) is 29.7 Å². The summed E-state index contributed by atoms with van der Waals surface area (Å²) >= 11 is 0. The van der Waals surface area contributed by atoms with Crippen LogP contribution in [0.15, 0.2) is 47.2 Å². The van der Waals surface area contributed by atoms with Crippen LogP contribution < -0.4 is 0 Å². The third kappa shape index (κ3) is 2.19. The second kappa shape index (κ2) is 5.23. The molecule has 0 aliphatic rings. The van der Waals surface area contributed by atoms with Crippen molar-refractivity contribution < 1.29 is 9.45 Å². The molecular formula is C15H10N6O3. The van der Waals surface area contributed by atoms with Crippen molar-refractivity contribution in [2.24, 2.45) is 0 Å². The molecule has 4 rings (SSSR count). The van der Waals surface area contributed by atoms with E-state index < -0.39 is 4.92 Å². The minimum Gasteiger partial charge on any atom is -0.339 e. The van der Waals surface area contributed by atoms with E-state index in [-0.39, 0.29) is 5.69 Å². The molecule has 9 heteroatoms. The molecule has 0 radical (unpaired) electrons. The predicted octanol–water partition coefficient (Wildman–Crippen LogP) is 2.66. The molecule has 0 saturated carbocycles. The van der Waals surface area contributed by atoms with Crippen molar-refractivity contribution in [1.29, 1.82) is 0 Å². The van der Waals surface area contributed by atoms with E-state index in [1.165, 1.54) is 12.1 Å². The lowest BCUT2D eigenvalue weighted by Crippen LogP contribution is -1.96. The van der Waals surface area contributed by atoms with Crippen LogP contribution in [0.3, 0.4) is 0 Å². The zero-order valence-electron chi connectivity index (χ0n) is 12.4. The Kier molecular flexibility index (Phi) is 3.05. The Bertz CT molecular complexity index is 1070.